The Labute approximate surface area is 219 Å². The smallest absolute Gasteiger partial charge is 0.254 e. The van der Waals surface area contributed by atoms with Crippen molar-refractivity contribution in [2.75, 3.05) is 63.9 Å². The normalized spacial score (nSPS) is 16.7. The summed E-state index contributed by atoms with van der Waals surface area (Å²) in [7, 11) is 0. The van der Waals surface area contributed by atoms with E-state index in [1.807, 2.05) is 15.6 Å². The van der Waals surface area contributed by atoms with Gasteiger partial charge in [0, 0.05) is 69.3 Å². The molecule has 0 aliphatic carbocycles. The summed E-state index contributed by atoms with van der Waals surface area (Å²) in [6.07, 6.45) is 3.29. The van der Waals surface area contributed by atoms with Crippen LogP contribution in [0.4, 0.5) is 5.82 Å². The van der Waals surface area contributed by atoms with E-state index in [9.17, 15) is 9.90 Å². The zero-order valence-electron chi connectivity index (χ0n) is 21.0. The first-order chi connectivity index (χ1) is 18.7. The lowest BCUT2D eigenvalue weighted by Crippen LogP contribution is -2.49. The van der Waals surface area contributed by atoms with Crippen molar-refractivity contribution >= 4 is 22.9 Å². The number of fused-ring (bicyclic) bond motifs is 1. The Balaban J connectivity index is 1.20. The number of piperazine rings is 1. The molecule has 0 atom stereocenters. The fourth-order valence-electron chi connectivity index (χ4n) is 4.85. The van der Waals surface area contributed by atoms with Gasteiger partial charge < -0.3 is 19.6 Å². The van der Waals surface area contributed by atoms with E-state index in [4.69, 9.17) is 14.7 Å². The van der Waals surface area contributed by atoms with Gasteiger partial charge in [-0.1, -0.05) is 17.3 Å². The highest BCUT2D eigenvalue weighted by Crippen LogP contribution is 2.28. The van der Waals surface area contributed by atoms with Gasteiger partial charge in [-0.2, -0.15) is 0 Å². The molecule has 2 aliphatic heterocycles. The quantitative estimate of drug-likeness (QED) is 0.401. The Morgan fingerprint density at radius 2 is 1.74 bits per heavy atom. The van der Waals surface area contributed by atoms with E-state index in [1.54, 1.807) is 42.7 Å². The summed E-state index contributed by atoms with van der Waals surface area (Å²) in [6, 6.07) is 10.4. The van der Waals surface area contributed by atoms with E-state index in [1.165, 1.54) is 0 Å². The van der Waals surface area contributed by atoms with Crippen LogP contribution in [-0.2, 0) is 11.3 Å². The molecule has 0 saturated carbocycles. The molecule has 0 bridgehead atoms. The maximum absolute atomic E-state index is 12.7. The SMILES string of the molecule is O=C(c1ccncc1)N1CCN(CCn2nnc3c(N4CCOCC4)nc(-c4cccc(O)c4)nc32)CC1. The highest BCUT2D eigenvalue weighted by molar-refractivity contribution is 5.94. The molecule has 1 amide bonds. The topological polar surface area (TPSA) is 126 Å². The number of pyridine rings is 1. The number of anilines is 1. The van der Waals surface area contributed by atoms with Crippen molar-refractivity contribution in [3.05, 3.63) is 54.4 Å². The summed E-state index contributed by atoms with van der Waals surface area (Å²) < 4.78 is 7.35. The highest BCUT2D eigenvalue weighted by atomic mass is 16.5. The standard InChI is InChI=1S/C26H29N9O3/c36-21-3-1-2-20(18-21)23-28-24(33-14-16-38-17-15-33)22-25(29-23)35(31-30-22)13-10-32-8-11-34(12-9-32)26(37)19-4-6-27-7-5-19/h1-7,18,36H,8-17H2. The Hall–Kier alpha value is -4.16. The van der Waals surface area contributed by atoms with Crippen LogP contribution in [0.15, 0.2) is 48.8 Å². The summed E-state index contributed by atoms with van der Waals surface area (Å²) in [6.45, 7) is 6.93. The largest absolute Gasteiger partial charge is 0.508 e. The summed E-state index contributed by atoms with van der Waals surface area (Å²) >= 11 is 0. The second kappa shape index (κ2) is 10.7. The molecule has 0 radical (unpaired) electrons. The van der Waals surface area contributed by atoms with Crippen LogP contribution in [0, 0.1) is 0 Å². The first-order valence-corrected chi connectivity index (χ1v) is 12.8. The fraction of sp³-hybridized carbons (Fsp3) is 0.385. The van der Waals surface area contributed by atoms with Crippen LogP contribution in [0.3, 0.4) is 0 Å². The van der Waals surface area contributed by atoms with Gasteiger partial charge >= 0.3 is 0 Å². The minimum atomic E-state index is 0.0427. The number of hydrogen-bond acceptors (Lipinski definition) is 10. The number of benzene rings is 1. The lowest BCUT2D eigenvalue weighted by molar-refractivity contribution is 0.0632. The van der Waals surface area contributed by atoms with Crippen molar-refractivity contribution in [2.24, 2.45) is 0 Å². The Morgan fingerprint density at radius 3 is 2.50 bits per heavy atom. The fourth-order valence-corrected chi connectivity index (χ4v) is 4.85. The van der Waals surface area contributed by atoms with Gasteiger partial charge in [0.1, 0.15) is 5.75 Å². The molecule has 0 spiro atoms. The predicted octanol–water partition coefficient (Wildman–Crippen LogP) is 1.28. The number of phenols is 1. The number of aromatic hydroxyl groups is 1. The number of hydrogen-bond donors (Lipinski definition) is 1. The molecule has 4 aromatic rings. The summed E-state index contributed by atoms with van der Waals surface area (Å²) in [5.41, 5.74) is 2.71. The summed E-state index contributed by atoms with van der Waals surface area (Å²) in [5.74, 6) is 1.45. The van der Waals surface area contributed by atoms with Gasteiger partial charge in [-0.3, -0.25) is 14.7 Å². The average molecular weight is 516 g/mol. The summed E-state index contributed by atoms with van der Waals surface area (Å²) in [5, 5.41) is 18.9. The van der Waals surface area contributed by atoms with E-state index >= 15 is 0 Å². The predicted molar refractivity (Wildman–Crippen MR) is 140 cm³/mol. The van der Waals surface area contributed by atoms with E-state index in [0.717, 1.165) is 31.0 Å². The van der Waals surface area contributed by atoms with Crippen molar-refractivity contribution < 1.29 is 14.6 Å². The van der Waals surface area contributed by atoms with Crippen molar-refractivity contribution in [1.82, 2.24) is 39.7 Å². The zero-order valence-corrected chi connectivity index (χ0v) is 21.0. The van der Waals surface area contributed by atoms with Gasteiger partial charge in [0.2, 0.25) is 0 Å². The molecule has 12 nitrogen and oxygen atoms in total. The molecule has 12 heteroatoms. The van der Waals surface area contributed by atoms with Crippen LogP contribution in [0.2, 0.25) is 0 Å². The van der Waals surface area contributed by atoms with Gasteiger partial charge in [0.25, 0.3) is 5.91 Å². The van der Waals surface area contributed by atoms with Crippen molar-refractivity contribution in [1.29, 1.82) is 0 Å². The van der Waals surface area contributed by atoms with E-state index in [-0.39, 0.29) is 11.7 Å². The molecule has 38 heavy (non-hydrogen) atoms. The Morgan fingerprint density at radius 1 is 0.947 bits per heavy atom. The molecule has 3 aromatic heterocycles. The monoisotopic (exact) mass is 515 g/mol. The molecule has 1 N–H and O–H groups in total. The minimum Gasteiger partial charge on any atom is -0.508 e. The van der Waals surface area contributed by atoms with Crippen LogP contribution in [0.1, 0.15) is 10.4 Å². The number of carbonyl (C=O) groups is 1. The second-order valence-corrected chi connectivity index (χ2v) is 9.38. The van der Waals surface area contributed by atoms with E-state index in [0.29, 0.717) is 68.5 Å². The number of phenolic OH excluding ortho intramolecular Hbond substituents is 1. The highest BCUT2D eigenvalue weighted by Gasteiger charge is 2.24. The Bertz CT molecular complexity index is 1410. The van der Waals surface area contributed by atoms with Crippen LogP contribution < -0.4 is 4.90 Å². The molecule has 6 rings (SSSR count). The molecule has 0 unspecified atom stereocenters. The van der Waals surface area contributed by atoms with Crippen molar-refractivity contribution in [2.45, 2.75) is 6.54 Å². The average Bonchev–Trinajstić information content (AvgIpc) is 3.39. The van der Waals surface area contributed by atoms with Gasteiger partial charge in [0.15, 0.2) is 22.8 Å². The zero-order chi connectivity index (χ0) is 25.9. The molecular formula is C26H29N9O3. The number of carbonyl (C=O) groups excluding carboxylic acids is 1. The molecule has 2 fully saturated rings. The minimum absolute atomic E-state index is 0.0427. The number of ether oxygens (including phenoxy) is 1. The molecule has 196 valence electrons. The number of rotatable bonds is 6. The molecule has 2 saturated heterocycles. The number of aromatic nitrogens is 6. The number of amides is 1. The van der Waals surface area contributed by atoms with Crippen molar-refractivity contribution in [3.63, 3.8) is 0 Å². The maximum Gasteiger partial charge on any atom is 0.254 e. The first-order valence-electron chi connectivity index (χ1n) is 12.8. The van der Waals surface area contributed by atoms with Crippen LogP contribution in [0.25, 0.3) is 22.6 Å². The van der Waals surface area contributed by atoms with Gasteiger partial charge in [0.05, 0.1) is 19.8 Å². The third kappa shape index (κ3) is 5.00. The first kappa shape index (κ1) is 24.2. The van der Waals surface area contributed by atoms with Crippen LogP contribution in [0.5, 0.6) is 5.75 Å². The lowest BCUT2D eigenvalue weighted by Gasteiger charge is -2.34. The summed E-state index contributed by atoms with van der Waals surface area (Å²) in [4.78, 5) is 32.7. The van der Waals surface area contributed by atoms with Gasteiger partial charge in [-0.15, -0.1) is 5.10 Å². The number of morpholine rings is 1. The van der Waals surface area contributed by atoms with Gasteiger partial charge in [-0.25, -0.2) is 14.6 Å². The number of nitrogens with zero attached hydrogens (tertiary/aromatic N) is 9. The second-order valence-electron chi connectivity index (χ2n) is 9.38. The third-order valence-corrected chi connectivity index (χ3v) is 6.97. The Kier molecular flexibility index (Phi) is 6.80. The molecule has 1 aromatic carbocycles. The molecule has 5 heterocycles. The lowest BCUT2D eigenvalue weighted by atomic mass is 10.2. The molecular weight excluding hydrogens is 486 g/mol. The van der Waals surface area contributed by atoms with E-state index < -0.39 is 0 Å². The van der Waals surface area contributed by atoms with Crippen LogP contribution in [-0.4, -0.2) is 110 Å². The van der Waals surface area contributed by atoms with Crippen LogP contribution >= 0.6 is 0 Å². The molecule has 2 aliphatic rings. The maximum atomic E-state index is 12.7. The van der Waals surface area contributed by atoms with E-state index in [2.05, 4.69) is 25.1 Å². The third-order valence-electron chi connectivity index (χ3n) is 6.97. The van der Waals surface area contributed by atoms with Gasteiger partial charge in [-0.05, 0) is 24.3 Å². The van der Waals surface area contributed by atoms with Crippen molar-refractivity contribution in [3.8, 4) is 17.1 Å².